The van der Waals surface area contributed by atoms with E-state index >= 15 is 0 Å². The van der Waals surface area contributed by atoms with Crippen molar-refractivity contribution in [3.05, 3.63) is 114 Å². The van der Waals surface area contributed by atoms with Crippen molar-refractivity contribution in [3.8, 4) is 6.07 Å². The third-order valence-corrected chi connectivity index (χ3v) is 7.71. The molecule has 0 saturated heterocycles. The molecule has 2 atom stereocenters. The molecule has 0 radical (unpaired) electrons. The van der Waals surface area contributed by atoms with Gasteiger partial charge in [-0.15, -0.1) is 4.41 Å². The first-order valence-corrected chi connectivity index (χ1v) is 12.1. The van der Waals surface area contributed by atoms with Crippen molar-refractivity contribution >= 4 is 15.7 Å². The Balaban J connectivity index is 1.66. The summed E-state index contributed by atoms with van der Waals surface area (Å²) in [5.74, 6) is -0.134. The molecular formula is C26H22N4O2S. The maximum absolute atomic E-state index is 13.6. The molecule has 2 heterocycles. The number of hydrazine groups is 1. The summed E-state index contributed by atoms with van der Waals surface area (Å²) in [6.07, 6.45) is 1.80. The van der Waals surface area contributed by atoms with Crippen LogP contribution in [0.4, 0.5) is 0 Å². The lowest BCUT2D eigenvalue weighted by molar-refractivity contribution is 0.0648. The topological polar surface area (TPSA) is 76.8 Å². The highest BCUT2D eigenvalue weighted by Gasteiger charge is 2.47. The van der Waals surface area contributed by atoms with E-state index in [-0.39, 0.29) is 11.4 Å². The van der Waals surface area contributed by atoms with Crippen molar-refractivity contribution in [2.24, 2.45) is 10.9 Å². The molecule has 0 fully saturated rings. The molecule has 0 saturated carbocycles. The van der Waals surface area contributed by atoms with Gasteiger partial charge in [-0.1, -0.05) is 78.4 Å². The smallest absolute Gasteiger partial charge is 0.260 e. The summed E-state index contributed by atoms with van der Waals surface area (Å²) in [6, 6.07) is 27.8. The van der Waals surface area contributed by atoms with Crippen LogP contribution in [-0.2, 0) is 10.0 Å². The summed E-state index contributed by atoms with van der Waals surface area (Å²) in [4.78, 5) is 5.00. The Kier molecular flexibility index (Phi) is 5.33. The highest BCUT2D eigenvalue weighted by molar-refractivity contribution is 7.89. The van der Waals surface area contributed by atoms with E-state index in [0.717, 1.165) is 16.7 Å². The van der Waals surface area contributed by atoms with Crippen LogP contribution in [0.15, 0.2) is 107 Å². The van der Waals surface area contributed by atoms with Crippen LogP contribution in [0.1, 0.15) is 22.7 Å². The normalized spacial score (nSPS) is 20.5. The van der Waals surface area contributed by atoms with Crippen LogP contribution in [-0.4, -0.2) is 30.1 Å². The maximum Gasteiger partial charge on any atom is 0.260 e. The molecule has 164 valence electrons. The number of aryl methyl sites for hydroxylation is 1. The summed E-state index contributed by atoms with van der Waals surface area (Å²) in [5, 5.41) is 11.9. The first kappa shape index (κ1) is 21.1. The van der Waals surface area contributed by atoms with E-state index < -0.39 is 22.0 Å². The lowest BCUT2D eigenvalue weighted by Crippen LogP contribution is -2.49. The van der Waals surface area contributed by atoms with E-state index in [1.807, 2.05) is 67.6 Å². The van der Waals surface area contributed by atoms with E-state index in [2.05, 4.69) is 6.07 Å². The van der Waals surface area contributed by atoms with Gasteiger partial charge in [-0.2, -0.15) is 5.26 Å². The van der Waals surface area contributed by atoms with E-state index in [0.29, 0.717) is 11.5 Å². The predicted octanol–water partition coefficient (Wildman–Crippen LogP) is 4.44. The fourth-order valence-corrected chi connectivity index (χ4v) is 5.74. The maximum atomic E-state index is 13.6. The Labute approximate surface area is 193 Å². The molecule has 0 bridgehead atoms. The highest BCUT2D eigenvalue weighted by atomic mass is 32.2. The summed E-state index contributed by atoms with van der Waals surface area (Å²) in [5.41, 5.74) is 3.33. The summed E-state index contributed by atoms with van der Waals surface area (Å²) in [7, 11) is -3.85. The number of sulfonamides is 1. The Morgan fingerprint density at radius 1 is 0.939 bits per heavy atom. The fraction of sp³-hybridized carbons (Fsp3) is 0.154. The second kappa shape index (κ2) is 8.32. The molecule has 7 heteroatoms. The Morgan fingerprint density at radius 3 is 2.21 bits per heavy atom. The zero-order valence-corrected chi connectivity index (χ0v) is 18.9. The molecule has 5 rings (SSSR count). The number of hydrogen-bond acceptors (Lipinski definition) is 5. The molecule has 33 heavy (non-hydrogen) atoms. The monoisotopic (exact) mass is 454 g/mol. The number of fused-ring (bicyclic) bond motifs is 1. The second-order valence-corrected chi connectivity index (χ2v) is 9.90. The Bertz CT molecular complexity index is 1380. The minimum absolute atomic E-state index is 0.151. The molecule has 3 aromatic carbocycles. The predicted molar refractivity (Wildman–Crippen MR) is 126 cm³/mol. The van der Waals surface area contributed by atoms with Gasteiger partial charge in [-0.05, 0) is 36.3 Å². The van der Waals surface area contributed by atoms with Gasteiger partial charge < -0.3 is 0 Å². The van der Waals surface area contributed by atoms with Crippen LogP contribution in [0, 0.1) is 24.2 Å². The summed E-state index contributed by atoms with van der Waals surface area (Å²) < 4.78 is 28.6. The van der Waals surface area contributed by atoms with Crippen molar-refractivity contribution in [2.75, 3.05) is 6.54 Å². The van der Waals surface area contributed by atoms with Gasteiger partial charge in [-0.3, -0.25) is 5.01 Å². The van der Waals surface area contributed by atoms with Gasteiger partial charge in [0.1, 0.15) is 11.7 Å². The number of nitrogens with zero attached hydrogens (tertiary/aromatic N) is 4. The number of hydrogen-bond donors (Lipinski definition) is 0. The van der Waals surface area contributed by atoms with Crippen molar-refractivity contribution in [3.63, 3.8) is 0 Å². The zero-order chi connectivity index (χ0) is 23.0. The molecule has 2 unspecified atom stereocenters. The third-order valence-electron chi connectivity index (χ3n) is 5.96. The number of benzene rings is 3. The largest absolute Gasteiger partial charge is 0.266 e. The molecule has 2 aliphatic heterocycles. The molecule has 2 aliphatic rings. The molecule has 0 spiro atoms. The first-order valence-electron chi connectivity index (χ1n) is 10.7. The van der Waals surface area contributed by atoms with Crippen molar-refractivity contribution in [1.29, 1.82) is 5.26 Å². The average molecular weight is 455 g/mol. The van der Waals surface area contributed by atoms with Crippen LogP contribution in [0.5, 0.6) is 0 Å². The van der Waals surface area contributed by atoms with Gasteiger partial charge in [0.05, 0.1) is 29.3 Å². The SMILES string of the molecule is Cc1ccc(S(=O)(=O)N2CC=C3N=C(c4ccccc4)C(C#N)C(c4ccccc4)N32)cc1. The summed E-state index contributed by atoms with van der Waals surface area (Å²) in [6.45, 7) is 2.07. The van der Waals surface area contributed by atoms with Gasteiger partial charge in [0.2, 0.25) is 0 Å². The molecular weight excluding hydrogens is 432 g/mol. The van der Waals surface area contributed by atoms with Gasteiger partial charge in [0.25, 0.3) is 10.0 Å². The molecule has 3 aromatic rings. The van der Waals surface area contributed by atoms with Crippen molar-refractivity contribution in [2.45, 2.75) is 17.9 Å². The van der Waals surface area contributed by atoms with E-state index in [1.165, 1.54) is 4.41 Å². The van der Waals surface area contributed by atoms with Crippen LogP contribution in [0.25, 0.3) is 0 Å². The molecule has 0 aliphatic carbocycles. The number of nitriles is 1. The minimum Gasteiger partial charge on any atom is -0.266 e. The average Bonchev–Trinajstić information content (AvgIpc) is 3.29. The third kappa shape index (κ3) is 3.63. The first-order chi connectivity index (χ1) is 16.0. The lowest BCUT2D eigenvalue weighted by atomic mass is 9.85. The highest BCUT2D eigenvalue weighted by Crippen LogP contribution is 2.43. The van der Waals surface area contributed by atoms with Gasteiger partial charge in [0.15, 0.2) is 0 Å². The molecule has 0 N–H and O–H groups in total. The van der Waals surface area contributed by atoms with Crippen LogP contribution < -0.4 is 0 Å². The van der Waals surface area contributed by atoms with Crippen LogP contribution in [0.3, 0.4) is 0 Å². The number of rotatable bonds is 4. The number of aliphatic imine (C=N–C) groups is 1. The summed E-state index contributed by atoms with van der Waals surface area (Å²) >= 11 is 0. The Hall–Kier alpha value is -3.73. The fourth-order valence-electron chi connectivity index (χ4n) is 4.33. The van der Waals surface area contributed by atoms with Gasteiger partial charge in [0, 0.05) is 0 Å². The van der Waals surface area contributed by atoms with E-state index in [1.54, 1.807) is 35.4 Å². The van der Waals surface area contributed by atoms with Gasteiger partial charge in [-0.25, -0.2) is 13.4 Å². The Morgan fingerprint density at radius 2 is 1.58 bits per heavy atom. The second-order valence-electron chi connectivity index (χ2n) is 8.06. The van der Waals surface area contributed by atoms with Crippen LogP contribution >= 0.6 is 0 Å². The van der Waals surface area contributed by atoms with Crippen LogP contribution in [0.2, 0.25) is 0 Å². The van der Waals surface area contributed by atoms with E-state index in [4.69, 9.17) is 4.99 Å². The molecule has 6 nitrogen and oxygen atoms in total. The van der Waals surface area contributed by atoms with Crippen molar-refractivity contribution in [1.82, 2.24) is 9.42 Å². The molecule has 0 aromatic heterocycles. The zero-order valence-electron chi connectivity index (χ0n) is 18.0. The molecule has 0 amide bonds. The van der Waals surface area contributed by atoms with Crippen molar-refractivity contribution < 1.29 is 8.42 Å². The lowest BCUT2D eigenvalue weighted by Gasteiger charge is -2.42. The van der Waals surface area contributed by atoms with Gasteiger partial charge >= 0.3 is 0 Å². The van der Waals surface area contributed by atoms with E-state index in [9.17, 15) is 13.7 Å². The quantitative estimate of drug-likeness (QED) is 0.584. The minimum atomic E-state index is -3.85. The standard InChI is InChI=1S/C26H22N4O2S/c1-19-12-14-22(15-13-19)33(31,32)29-17-16-24-28-25(20-8-4-2-5-9-20)23(18-27)26(30(24)29)21-10-6-3-7-11-21/h2-16,23,26H,17H2,1H3.